The van der Waals surface area contributed by atoms with E-state index in [1.54, 1.807) is 6.20 Å². The van der Waals surface area contributed by atoms with Crippen LogP contribution >= 0.6 is 0 Å². The molecular formula is C18H22N4O. The standard InChI is InChI=1S/C18H22N4O/c1-13-17(12-20-22(13)15-5-3-2-4-6-15)18(23)21-14-7-8-16(21)11-19-10-9-14/h2-6,12,14,16,19H,7-11H2,1H3. The highest BCUT2D eigenvalue weighted by Crippen LogP contribution is 2.30. The van der Waals surface area contributed by atoms with E-state index >= 15 is 0 Å². The second-order valence-electron chi connectivity index (χ2n) is 6.48. The van der Waals surface area contributed by atoms with E-state index in [1.165, 1.54) is 0 Å². The minimum absolute atomic E-state index is 0.140. The summed E-state index contributed by atoms with van der Waals surface area (Å²) in [6.45, 7) is 3.90. The van der Waals surface area contributed by atoms with Crippen LogP contribution in [0.3, 0.4) is 0 Å². The summed E-state index contributed by atoms with van der Waals surface area (Å²) in [5, 5.41) is 7.90. The van der Waals surface area contributed by atoms with Gasteiger partial charge in [0, 0.05) is 18.6 Å². The fourth-order valence-corrected chi connectivity index (χ4v) is 3.90. The first-order valence-corrected chi connectivity index (χ1v) is 8.39. The molecule has 4 rings (SSSR count). The van der Waals surface area contributed by atoms with Gasteiger partial charge in [0.1, 0.15) is 0 Å². The fourth-order valence-electron chi connectivity index (χ4n) is 3.90. The van der Waals surface area contributed by atoms with E-state index in [0.717, 1.165) is 49.3 Å². The number of hydrogen-bond acceptors (Lipinski definition) is 3. The Labute approximate surface area is 136 Å². The molecule has 5 heteroatoms. The Kier molecular flexibility index (Phi) is 3.65. The third-order valence-corrected chi connectivity index (χ3v) is 5.13. The Morgan fingerprint density at radius 3 is 2.78 bits per heavy atom. The molecule has 1 N–H and O–H groups in total. The third-order valence-electron chi connectivity index (χ3n) is 5.13. The van der Waals surface area contributed by atoms with Gasteiger partial charge in [-0.05, 0) is 44.9 Å². The molecule has 0 spiro atoms. The van der Waals surface area contributed by atoms with Crippen LogP contribution in [0.25, 0.3) is 5.69 Å². The molecule has 1 amide bonds. The highest BCUT2D eigenvalue weighted by molar-refractivity contribution is 5.96. The van der Waals surface area contributed by atoms with Crippen molar-refractivity contribution in [3.05, 3.63) is 47.8 Å². The number of fused-ring (bicyclic) bond motifs is 2. The van der Waals surface area contributed by atoms with E-state index in [0.29, 0.717) is 12.1 Å². The van der Waals surface area contributed by atoms with Crippen molar-refractivity contribution in [1.29, 1.82) is 0 Å². The molecule has 2 aliphatic heterocycles. The monoisotopic (exact) mass is 310 g/mol. The van der Waals surface area contributed by atoms with Gasteiger partial charge < -0.3 is 10.2 Å². The molecule has 1 aromatic carbocycles. The summed E-state index contributed by atoms with van der Waals surface area (Å²) in [6.07, 6.45) is 5.01. The van der Waals surface area contributed by atoms with Crippen molar-refractivity contribution in [1.82, 2.24) is 20.0 Å². The smallest absolute Gasteiger partial charge is 0.257 e. The van der Waals surface area contributed by atoms with Crippen molar-refractivity contribution >= 4 is 5.91 Å². The van der Waals surface area contributed by atoms with E-state index in [2.05, 4.69) is 15.3 Å². The van der Waals surface area contributed by atoms with Crippen LogP contribution in [0.15, 0.2) is 36.5 Å². The van der Waals surface area contributed by atoms with Gasteiger partial charge in [-0.3, -0.25) is 4.79 Å². The second kappa shape index (κ2) is 5.81. The van der Waals surface area contributed by atoms with Crippen LogP contribution in [-0.2, 0) is 0 Å². The SMILES string of the molecule is Cc1c(C(=O)N2C3CCNCC2CC3)cnn1-c1ccccc1. The van der Waals surface area contributed by atoms with Crippen LogP contribution in [0.2, 0.25) is 0 Å². The quantitative estimate of drug-likeness (QED) is 0.924. The van der Waals surface area contributed by atoms with Crippen molar-refractivity contribution in [2.75, 3.05) is 13.1 Å². The van der Waals surface area contributed by atoms with Gasteiger partial charge in [-0.2, -0.15) is 5.10 Å². The number of benzene rings is 1. The summed E-state index contributed by atoms with van der Waals surface area (Å²) >= 11 is 0. The topological polar surface area (TPSA) is 50.2 Å². The molecule has 0 aliphatic carbocycles. The maximum absolute atomic E-state index is 13.1. The van der Waals surface area contributed by atoms with E-state index in [1.807, 2.05) is 41.9 Å². The van der Waals surface area contributed by atoms with Gasteiger partial charge in [0.05, 0.1) is 23.1 Å². The van der Waals surface area contributed by atoms with E-state index in [9.17, 15) is 4.79 Å². The molecule has 120 valence electrons. The van der Waals surface area contributed by atoms with Crippen LogP contribution in [0.4, 0.5) is 0 Å². The van der Waals surface area contributed by atoms with Crippen LogP contribution in [-0.4, -0.2) is 45.8 Å². The van der Waals surface area contributed by atoms with Gasteiger partial charge >= 0.3 is 0 Å². The highest BCUT2D eigenvalue weighted by Gasteiger charge is 2.39. The number of amides is 1. The number of nitrogens with one attached hydrogen (secondary N) is 1. The van der Waals surface area contributed by atoms with Gasteiger partial charge in [0.15, 0.2) is 0 Å². The Morgan fingerprint density at radius 1 is 1.17 bits per heavy atom. The van der Waals surface area contributed by atoms with Crippen molar-refractivity contribution in [3.63, 3.8) is 0 Å². The van der Waals surface area contributed by atoms with Crippen molar-refractivity contribution < 1.29 is 4.79 Å². The molecule has 2 aromatic rings. The molecule has 0 radical (unpaired) electrons. The van der Waals surface area contributed by atoms with Gasteiger partial charge in [0.2, 0.25) is 0 Å². The normalized spacial score (nSPS) is 23.8. The van der Waals surface area contributed by atoms with E-state index < -0.39 is 0 Å². The van der Waals surface area contributed by atoms with Crippen molar-refractivity contribution in [3.8, 4) is 5.69 Å². The number of para-hydroxylation sites is 1. The number of rotatable bonds is 2. The lowest BCUT2D eigenvalue weighted by molar-refractivity contribution is 0.0679. The molecule has 2 fully saturated rings. The Morgan fingerprint density at radius 2 is 1.96 bits per heavy atom. The molecular weight excluding hydrogens is 288 g/mol. The summed E-state index contributed by atoms with van der Waals surface area (Å²) in [4.78, 5) is 15.2. The molecule has 3 heterocycles. The van der Waals surface area contributed by atoms with Gasteiger partial charge in [0.25, 0.3) is 5.91 Å². The van der Waals surface area contributed by atoms with Crippen molar-refractivity contribution in [2.45, 2.75) is 38.3 Å². The fraction of sp³-hybridized carbons (Fsp3) is 0.444. The second-order valence-corrected chi connectivity index (χ2v) is 6.48. The molecule has 5 nitrogen and oxygen atoms in total. The summed E-state index contributed by atoms with van der Waals surface area (Å²) in [6, 6.07) is 10.7. The number of nitrogens with zero attached hydrogens (tertiary/aromatic N) is 3. The summed E-state index contributed by atoms with van der Waals surface area (Å²) in [5.41, 5.74) is 2.63. The van der Waals surface area contributed by atoms with Crippen LogP contribution < -0.4 is 5.32 Å². The van der Waals surface area contributed by atoms with E-state index in [-0.39, 0.29) is 5.91 Å². The minimum atomic E-state index is 0.140. The van der Waals surface area contributed by atoms with Crippen LogP contribution in [0.5, 0.6) is 0 Å². The van der Waals surface area contributed by atoms with Crippen molar-refractivity contribution in [2.24, 2.45) is 0 Å². The minimum Gasteiger partial charge on any atom is -0.331 e. The van der Waals surface area contributed by atoms with Crippen LogP contribution in [0, 0.1) is 6.92 Å². The summed E-state index contributed by atoms with van der Waals surface area (Å²) in [7, 11) is 0. The summed E-state index contributed by atoms with van der Waals surface area (Å²) < 4.78 is 1.85. The molecule has 2 atom stereocenters. The highest BCUT2D eigenvalue weighted by atomic mass is 16.2. The number of aromatic nitrogens is 2. The van der Waals surface area contributed by atoms with Gasteiger partial charge in [-0.25, -0.2) is 4.68 Å². The molecule has 2 saturated heterocycles. The first kappa shape index (κ1) is 14.5. The van der Waals surface area contributed by atoms with Crippen LogP contribution in [0.1, 0.15) is 35.3 Å². The number of carbonyl (C=O) groups excluding carboxylic acids is 1. The predicted molar refractivity (Wildman–Crippen MR) is 88.8 cm³/mol. The molecule has 0 saturated carbocycles. The first-order chi connectivity index (χ1) is 11.3. The maximum Gasteiger partial charge on any atom is 0.257 e. The Bertz CT molecular complexity index is 695. The lowest BCUT2D eigenvalue weighted by Crippen LogP contribution is -2.42. The molecule has 2 bridgehead atoms. The molecule has 2 aliphatic rings. The predicted octanol–water partition coefficient (Wildman–Crippen LogP) is 2.15. The zero-order valence-corrected chi connectivity index (χ0v) is 13.4. The first-order valence-electron chi connectivity index (χ1n) is 8.39. The Balaban J connectivity index is 1.66. The molecule has 2 unspecified atom stereocenters. The largest absolute Gasteiger partial charge is 0.331 e. The summed E-state index contributed by atoms with van der Waals surface area (Å²) in [5.74, 6) is 0.140. The van der Waals surface area contributed by atoms with E-state index in [4.69, 9.17) is 0 Å². The zero-order valence-electron chi connectivity index (χ0n) is 13.4. The van der Waals surface area contributed by atoms with Gasteiger partial charge in [-0.15, -0.1) is 0 Å². The zero-order chi connectivity index (χ0) is 15.8. The lowest BCUT2D eigenvalue weighted by atomic mass is 10.1. The lowest BCUT2D eigenvalue weighted by Gasteiger charge is -2.27. The Hall–Kier alpha value is -2.14. The number of carbonyl (C=O) groups is 1. The third kappa shape index (κ3) is 2.45. The average Bonchev–Trinajstić information content (AvgIpc) is 3.06. The maximum atomic E-state index is 13.1. The molecule has 1 aromatic heterocycles. The average molecular weight is 310 g/mol. The van der Waals surface area contributed by atoms with Gasteiger partial charge in [-0.1, -0.05) is 18.2 Å². The molecule has 23 heavy (non-hydrogen) atoms. The number of hydrogen-bond donors (Lipinski definition) is 1.